The van der Waals surface area contributed by atoms with Crippen LogP contribution in [-0.2, 0) is 6.54 Å². The highest BCUT2D eigenvalue weighted by Crippen LogP contribution is 2.38. The van der Waals surface area contributed by atoms with Gasteiger partial charge in [-0.05, 0) is 42.8 Å². The molecule has 2 aromatic heterocycles. The topological polar surface area (TPSA) is 63.1 Å². The summed E-state index contributed by atoms with van der Waals surface area (Å²) >= 11 is 0. The van der Waals surface area contributed by atoms with Crippen molar-refractivity contribution in [2.24, 2.45) is 0 Å². The van der Waals surface area contributed by atoms with Crippen molar-refractivity contribution in [2.75, 3.05) is 12.4 Å². The van der Waals surface area contributed by atoms with Crippen LogP contribution in [0.4, 0.5) is 5.69 Å². The monoisotopic (exact) mass is 383 g/mol. The molecule has 5 aromatic rings. The van der Waals surface area contributed by atoms with Crippen molar-refractivity contribution in [3.63, 3.8) is 0 Å². The van der Waals surface area contributed by atoms with Gasteiger partial charge in [-0.25, -0.2) is 0 Å². The van der Waals surface area contributed by atoms with Gasteiger partial charge in [0.1, 0.15) is 17.1 Å². The number of H-pyrrole nitrogens is 1. The number of furan rings is 1. The van der Waals surface area contributed by atoms with Crippen LogP contribution in [0.5, 0.6) is 5.75 Å². The summed E-state index contributed by atoms with van der Waals surface area (Å²) in [5.41, 5.74) is 6.22. The second kappa shape index (κ2) is 7.02. The first-order chi connectivity index (χ1) is 14.2. The number of hydrogen-bond donors (Lipinski definition) is 2. The zero-order valence-corrected chi connectivity index (χ0v) is 16.3. The number of aryl methyl sites for hydroxylation is 1. The molecule has 0 aliphatic rings. The first-order valence-electron chi connectivity index (χ1n) is 9.55. The van der Waals surface area contributed by atoms with Crippen LogP contribution in [0, 0.1) is 6.92 Å². The van der Waals surface area contributed by atoms with Crippen LogP contribution in [0.15, 0.2) is 71.3 Å². The van der Waals surface area contributed by atoms with E-state index in [-0.39, 0.29) is 0 Å². The Labute approximate surface area is 168 Å². The fraction of sp³-hybridized carbons (Fsp3) is 0.125. The van der Waals surface area contributed by atoms with Crippen LogP contribution in [0.2, 0.25) is 0 Å². The summed E-state index contributed by atoms with van der Waals surface area (Å²) in [6.45, 7) is 2.63. The SMILES string of the molecule is COc1cc2c(-c3ccccc3)c(C)oc2cc1CNc1ccc2[nH]ncc2c1. The molecule has 0 radical (unpaired) electrons. The molecule has 5 rings (SSSR count). The van der Waals surface area contributed by atoms with E-state index in [1.165, 1.54) is 0 Å². The predicted molar refractivity (Wildman–Crippen MR) is 116 cm³/mol. The van der Waals surface area contributed by atoms with Gasteiger partial charge in [0.2, 0.25) is 0 Å². The molecule has 0 saturated heterocycles. The van der Waals surface area contributed by atoms with E-state index in [9.17, 15) is 0 Å². The Morgan fingerprint density at radius 2 is 1.93 bits per heavy atom. The normalized spacial score (nSPS) is 11.2. The van der Waals surface area contributed by atoms with Crippen molar-refractivity contribution in [3.8, 4) is 16.9 Å². The number of hydrogen-bond acceptors (Lipinski definition) is 4. The minimum Gasteiger partial charge on any atom is -0.496 e. The molecule has 0 saturated carbocycles. The van der Waals surface area contributed by atoms with Crippen LogP contribution in [0.3, 0.4) is 0 Å². The van der Waals surface area contributed by atoms with Gasteiger partial charge in [0.05, 0.1) is 18.8 Å². The molecule has 0 atom stereocenters. The van der Waals surface area contributed by atoms with Crippen molar-refractivity contribution in [1.82, 2.24) is 10.2 Å². The molecule has 0 unspecified atom stereocenters. The molecular weight excluding hydrogens is 362 g/mol. The van der Waals surface area contributed by atoms with E-state index in [1.807, 2.05) is 43.5 Å². The summed E-state index contributed by atoms with van der Waals surface area (Å²) < 4.78 is 11.8. The van der Waals surface area contributed by atoms with Crippen LogP contribution < -0.4 is 10.1 Å². The van der Waals surface area contributed by atoms with Crippen LogP contribution in [0.25, 0.3) is 33.0 Å². The summed E-state index contributed by atoms with van der Waals surface area (Å²) in [7, 11) is 1.71. The standard InChI is InChI=1S/C24H21N3O2/c1-15-24(16-6-4-3-5-7-16)20-12-22(28-2)18(11-23(20)29-15)13-25-19-8-9-21-17(10-19)14-26-27-21/h3-12,14,25H,13H2,1-2H3,(H,26,27). The van der Waals surface area contributed by atoms with Gasteiger partial charge in [-0.2, -0.15) is 5.10 Å². The Morgan fingerprint density at radius 3 is 2.76 bits per heavy atom. The molecular formula is C24H21N3O2. The van der Waals surface area contributed by atoms with E-state index >= 15 is 0 Å². The van der Waals surface area contributed by atoms with Crippen molar-refractivity contribution in [1.29, 1.82) is 0 Å². The van der Waals surface area contributed by atoms with Crippen LogP contribution in [0.1, 0.15) is 11.3 Å². The lowest BCUT2D eigenvalue weighted by Crippen LogP contribution is -2.01. The Balaban J connectivity index is 1.50. The molecule has 144 valence electrons. The highest BCUT2D eigenvalue weighted by atomic mass is 16.5. The molecule has 3 aromatic carbocycles. The summed E-state index contributed by atoms with van der Waals surface area (Å²) in [5, 5.41) is 12.7. The van der Waals surface area contributed by atoms with E-state index in [1.54, 1.807) is 7.11 Å². The molecule has 29 heavy (non-hydrogen) atoms. The van der Waals surface area contributed by atoms with Crippen LogP contribution >= 0.6 is 0 Å². The fourth-order valence-electron chi connectivity index (χ4n) is 3.83. The van der Waals surface area contributed by atoms with Gasteiger partial charge in [0, 0.05) is 34.1 Å². The number of benzene rings is 3. The number of rotatable bonds is 5. The lowest BCUT2D eigenvalue weighted by atomic mass is 10.0. The van der Waals surface area contributed by atoms with Crippen molar-refractivity contribution < 1.29 is 9.15 Å². The van der Waals surface area contributed by atoms with Gasteiger partial charge in [-0.3, -0.25) is 5.10 Å². The molecule has 0 bridgehead atoms. The van der Waals surface area contributed by atoms with Gasteiger partial charge in [0.15, 0.2) is 0 Å². The summed E-state index contributed by atoms with van der Waals surface area (Å²) in [6, 6.07) is 20.6. The largest absolute Gasteiger partial charge is 0.496 e. The van der Waals surface area contributed by atoms with Crippen LogP contribution in [-0.4, -0.2) is 17.3 Å². The zero-order chi connectivity index (χ0) is 19.8. The van der Waals surface area contributed by atoms with Gasteiger partial charge in [-0.15, -0.1) is 0 Å². The molecule has 5 heteroatoms. The van der Waals surface area contributed by atoms with E-state index in [2.05, 4.69) is 45.8 Å². The Kier molecular flexibility index (Phi) is 4.21. The first kappa shape index (κ1) is 17.4. The zero-order valence-electron chi connectivity index (χ0n) is 16.3. The Hall–Kier alpha value is -3.73. The predicted octanol–water partition coefficient (Wildman–Crippen LogP) is 5.91. The van der Waals surface area contributed by atoms with Crippen molar-refractivity contribution in [2.45, 2.75) is 13.5 Å². The fourth-order valence-corrected chi connectivity index (χ4v) is 3.83. The van der Waals surface area contributed by atoms with Gasteiger partial charge < -0.3 is 14.5 Å². The lowest BCUT2D eigenvalue weighted by Gasteiger charge is -2.11. The minimum atomic E-state index is 0.628. The average molecular weight is 383 g/mol. The summed E-state index contributed by atoms with van der Waals surface area (Å²) in [4.78, 5) is 0. The summed E-state index contributed by atoms with van der Waals surface area (Å²) in [5.74, 6) is 1.75. The first-order valence-corrected chi connectivity index (χ1v) is 9.55. The average Bonchev–Trinajstić information content (AvgIpc) is 3.34. The van der Waals surface area contributed by atoms with Crippen molar-refractivity contribution >= 4 is 27.6 Å². The molecule has 0 aliphatic carbocycles. The number of fused-ring (bicyclic) bond motifs is 2. The number of aromatic nitrogens is 2. The quantitative estimate of drug-likeness (QED) is 0.396. The maximum absolute atomic E-state index is 6.10. The number of nitrogens with one attached hydrogen (secondary N) is 2. The highest BCUT2D eigenvalue weighted by molar-refractivity contribution is 5.97. The smallest absolute Gasteiger partial charge is 0.135 e. The molecule has 0 fully saturated rings. The summed E-state index contributed by atoms with van der Waals surface area (Å²) in [6.07, 6.45) is 1.82. The molecule has 2 N–H and O–H groups in total. The molecule has 5 nitrogen and oxygen atoms in total. The molecule has 0 amide bonds. The maximum Gasteiger partial charge on any atom is 0.135 e. The third-order valence-corrected chi connectivity index (χ3v) is 5.25. The number of ether oxygens (including phenoxy) is 1. The highest BCUT2D eigenvalue weighted by Gasteiger charge is 2.16. The molecule has 0 spiro atoms. The minimum absolute atomic E-state index is 0.628. The van der Waals surface area contributed by atoms with Crippen molar-refractivity contribution in [3.05, 3.63) is 78.2 Å². The maximum atomic E-state index is 6.10. The number of nitrogens with zero attached hydrogens (tertiary/aromatic N) is 1. The third kappa shape index (κ3) is 3.10. The second-order valence-electron chi connectivity index (χ2n) is 7.09. The lowest BCUT2D eigenvalue weighted by molar-refractivity contribution is 0.411. The Morgan fingerprint density at radius 1 is 1.07 bits per heavy atom. The molecule has 2 heterocycles. The van der Waals surface area contributed by atoms with E-state index in [0.29, 0.717) is 6.54 Å². The number of methoxy groups -OCH3 is 1. The van der Waals surface area contributed by atoms with E-state index in [0.717, 1.165) is 55.8 Å². The Bertz CT molecular complexity index is 1300. The van der Waals surface area contributed by atoms with E-state index in [4.69, 9.17) is 9.15 Å². The van der Waals surface area contributed by atoms with Gasteiger partial charge in [0.25, 0.3) is 0 Å². The third-order valence-electron chi connectivity index (χ3n) is 5.25. The van der Waals surface area contributed by atoms with E-state index < -0.39 is 0 Å². The molecule has 0 aliphatic heterocycles. The number of aromatic amines is 1. The van der Waals surface area contributed by atoms with Gasteiger partial charge in [-0.1, -0.05) is 30.3 Å². The van der Waals surface area contributed by atoms with Gasteiger partial charge >= 0.3 is 0 Å². The number of anilines is 1. The second-order valence-corrected chi connectivity index (χ2v) is 7.09.